The molecule has 0 atom stereocenters. The van der Waals surface area contributed by atoms with Gasteiger partial charge in [0.15, 0.2) is 0 Å². The van der Waals surface area contributed by atoms with Crippen LogP contribution in [0.2, 0.25) is 5.02 Å². The molecule has 1 aliphatic rings. The molecule has 176 valence electrons. The lowest BCUT2D eigenvalue weighted by atomic mass is 10.0. The zero-order chi connectivity index (χ0) is 24.1. The monoisotopic (exact) mass is 478 g/mol. The van der Waals surface area contributed by atoms with Crippen molar-refractivity contribution in [3.63, 3.8) is 0 Å². The second kappa shape index (κ2) is 10.7. The number of amides is 1. The first kappa shape index (κ1) is 23.8. The zero-order valence-corrected chi connectivity index (χ0v) is 19.7. The highest BCUT2D eigenvalue weighted by molar-refractivity contribution is 6.30. The van der Waals surface area contributed by atoms with Gasteiger partial charge in [-0.2, -0.15) is 10.4 Å². The SMILES string of the molecule is Cc1c(C(=O)Nc2ccc(N3CCC(NCCO)CC3)c(C#N)c2)cnn1-c1ccc(Cl)cc1. The molecule has 0 spiro atoms. The Balaban J connectivity index is 1.45. The molecule has 0 aliphatic carbocycles. The van der Waals surface area contributed by atoms with Crippen molar-refractivity contribution < 1.29 is 9.90 Å². The van der Waals surface area contributed by atoms with Crippen molar-refractivity contribution in [2.24, 2.45) is 0 Å². The van der Waals surface area contributed by atoms with Crippen LogP contribution in [0.1, 0.15) is 34.5 Å². The summed E-state index contributed by atoms with van der Waals surface area (Å²) in [5.74, 6) is -0.287. The Morgan fingerprint density at radius 1 is 1.24 bits per heavy atom. The van der Waals surface area contributed by atoms with E-state index in [1.54, 1.807) is 22.9 Å². The number of halogens is 1. The number of nitrogens with zero attached hydrogens (tertiary/aromatic N) is 4. The van der Waals surface area contributed by atoms with Gasteiger partial charge >= 0.3 is 0 Å². The Hall–Kier alpha value is -3.38. The molecule has 1 aromatic heterocycles. The van der Waals surface area contributed by atoms with E-state index >= 15 is 0 Å². The average Bonchev–Trinajstić information content (AvgIpc) is 3.25. The number of hydrogen-bond donors (Lipinski definition) is 3. The number of carbonyl (C=O) groups excluding carboxylic acids is 1. The summed E-state index contributed by atoms with van der Waals surface area (Å²) in [5, 5.41) is 29.9. The Bertz CT molecular complexity index is 1190. The van der Waals surface area contributed by atoms with Crippen molar-refractivity contribution in [3.8, 4) is 11.8 Å². The minimum Gasteiger partial charge on any atom is -0.395 e. The number of benzene rings is 2. The summed E-state index contributed by atoms with van der Waals surface area (Å²) >= 11 is 5.96. The molecular formula is C25H27ClN6O2. The third-order valence-corrected chi connectivity index (χ3v) is 6.33. The van der Waals surface area contributed by atoms with Crippen LogP contribution in [0.5, 0.6) is 0 Å². The van der Waals surface area contributed by atoms with Crippen molar-refractivity contribution in [1.29, 1.82) is 5.26 Å². The molecule has 0 unspecified atom stereocenters. The zero-order valence-electron chi connectivity index (χ0n) is 19.0. The fraction of sp³-hybridized carbons (Fsp3) is 0.320. The smallest absolute Gasteiger partial charge is 0.259 e. The van der Waals surface area contributed by atoms with Crippen LogP contribution in [-0.4, -0.2) is 53.1 Å². The number of aromatic nitrogens is 2. The molecule has 3 aromatic rings. The van der Waals surface area contributed by atoms with E-state index in [2.05, 4.69) is 26.7 Å². The number of nitrogens with one attached hydrogen (secondary N) is 2. The van der Waals surface area contributed by atoms with Crippen LogP contribution in [0.25, 0.3) is 5.69 Å². The van der Waals surface area contributed by atoms with Gasteiger partial charge in [-0.1, -0.05) is 11.6 Å². The van der Waals surface area contributed by atoms with E-state index in [1.807, 2.05) is 31.2 Å². The second-order valence-electron chi connectivity index (χ2n) is 8.27. The summed E-state index contributed by atoms with van der Waals surface area (Å²) in [6, 6.07) is 15.3. The van der Waals surface area contributed by atoms with E-state index in [-0.39, 0.29) is 12.5 Å². The molecule has 1 fully saturated rings. The van der Waals surface area contributed by atoms with E-state index in [1.165, 1.54) is 6.20 Å². The van der Waals surface area contributed by atoms with Crippen LogP contribution in [0.4, 0.5) is 11.4 Å². The van der Waals surface area contributed by atoms with Gasteiger partial charge in [0.2, 0.25) is 0 Å². The molecular weight excluding hydrogens is 452 g/mol. The van der Waals surface area contributed by atoms with Crippen LogP contribution in [0, 0.1) is 18.3 Å². The van der Waals surface area contributed by atoms with Gasteiger partial charge in [0.05, 0.1) is 41.0 Å². The number of aliphatic hydroxyl groups excluding tert-OH is 1. The highest BCUT2D eigenvalue weighted by Gasteiger charge is 2.21. The van der Waals surface area contributed by atoms with Crippen molar-refractivity contribution in [1.82, 2.24) is 15.1 Å². The van der Waals surface area contributed by atoms with Crippen LogP contribution < -0.4 is 15.5 Å². The van der Waals surface area contributed by atoms with E-state index in [9.17, 15) is 10.1 Å². The quantitative estimate of drug-likeness (QED) is 0.480. The first-order chi connectivity index (χ1) is 16.5. The second-order valence-corrected chi connectivity index (χ2v) is 8.71. The van der Waals surface area contributed by atoms with Crippen molar-refractivity contribution >= 4 is 28.9 Å². The normalized spacial score (nSPS) is 14.1. The van der Waals surface area contributed by atoms with Crippen LogP contribution in [0.3, 0.4) is 0 Å². The van der Waals surface area contributed by atoms with Crippen LogP contribution >= 0.6 is 11.6 Å². The molecule has 4 rings (SSSR count). The van der Waals surface area contributed by atoms with Gasteiger partial charge < -0.3 is 20.6 Å². The van der Waals surface area contributed by atoms with Gasteiger partial charge in [-0.15, -0.1) is 0 Å². The number of carbonyl (C=O) groups is 1. The fourth-order valence-corrected chi connectivity index (χ4v) is 4.37. The largest absolute Gasteiger partial charge is 0.395 e. The molecule has 34 heavy (non-hydrogen) atoms. The van der Waals surface area contributed by atoms with E-state index in [4.69, 9.17) is 16.7 Å². The summed E-state index contributed by atoms with van der Waals surface area (Å²) in [6.07, 6.45) is 3.42. The topological polar surface area (TPSA) is 106 Å². The van der Waals surface area contributed by atoms with Gasteiger partial charge in [-0.25, -0.2) is 4.68 Å². The van der Waals surface area contributed by atoms with Gasteiger partial charge in [0, 0.05) is 36.4 Å². The summed E-state index contributed by atoms with van der Waals surface area (Å²) in [7, 11) is 0. The van der Waals surface area contributed by atoms with Gasteiger partial charge in [0.1, 0.15) is 6.07 Å². The van der Waals surface area contributed by atoms with Gasteiger partial charge in [0.25, 0.3) is 5.91 Å². The lowest BCUT2D eigenvalue weighted by molar-refractivity contribution is 0.102. The molecule has 1 saturated heterocycles. The summed E-state index contributed by atoms with van der Waals surface area (Å²) in [4.78, 5) is 15.1. The third kappa shape index (κ3) is 5.23. The van der Waals surface area contributed by atoms with Crippen LogP contribution in [0.15, 0.2) is 48.7 Å². The Morgan fingerprint density at radius 2 is 1.97 bits per heavy atom. The van der Waals surface area contributed by atoms with E-state index < -0.39 is 0 Å². The van der Waals surface area contributed by atoms with E-state index in [0.29, 0.717) is 40.1 Å². The van der Waals surface area contributed by atoms with E-state index in [0.717, 1.165) is 37.3 Å². The Morgan fingerprint density at radius 3 is 2.65 bits per heavy atom. The maximum absolute atomic E-state index is 12.9. The highest BCUT2D eigenvalue weighted by Crippen LogP contribution is 2.27. The minimum absolute atomic E-state index is 0.132. The molecule has 2 aromatic carbocycles. The number of hydrogen-bond acceptors (Lipinski definition) is 6. The predicted octanol–water partition coefficient (Wildman–Crippen LogP) is 3.51. The maximum atomic E-state index is 12.9. The van der Waals surface area contributed by atoms with Gasteiger partial charge in [-0.05, 0) is 62.2 Å². The number of nitriles is 1. The average molecular weight is 479 g/mol. The molecule has 3 N–H and O–H groups in total. The Kier molecular flexibility index (Phi) is 7.48. The molecule has 0 bridgehead atoms. The molecule has 0 radical (unpaired) electrons. The lowest BCUT2D eigenvalue weighted by Crippen LogP contribution is -2.43. The van der Waals surface area contributed by atoms with Crippen molar-refractivity contribution in [3.05, 3.63) is 70.5 Å². The molecule has 0 saturated carbocycles. The minimum atomic E-state index is -0.287. The maximum Gasteiger partial charge on any atom is 0.259 e. The lowest BCUT2D eigenvalue weighted by Gasteiger charge is -2.34. The molecule has 9 heteroatoms. The standard InChI is InChI=1S/C25H27ClN6O2/c1-17-23(16-29-32(17)22-5-2-19(26)3-6-22)25(34)30-21-4-7-24(18(14-21)15-27)31-11-8-20(9-12-31)28-10-13-33/h2-7,14,16,20,28,33H,8-13H2,1H3,(H,30,34). The molecule has 2 heterocycles. The predicted molar refractivity (Wildman–Crippen MR) is 133 cm³/mol. The fourth-order valence-electron chi connectivity index (χ4n) is 4.25. The number of anilines is 2. The van der Waals surface area contributed by atoms with Gasteiger partial charge in [-0.3, -0.25) is 4.79 Å². The number of aliphatic hydroxyl groups is 1. The number of piperidine rings is 1. The molecule has 1 aliphatic heterocycles. The van der Waals surface area contributed by atoms with Crippen LogP contribution in [-0.2, 0) is 0 Å². The molecule has 1 amide bonds. The van der Waals surface area contributed by atoms with Crippen molar-refractivity contribution in [2.45, 2.75) is 25.8 Å². The van der Waals surface area contributed by atoms with Crippen molar-refractivity contribution in [2.75, 3.05) is 36.5 Å². The summed E-state index contributed by atoms with van der Waals surface area (Å²) in [5.41, 5.74) is 3.92. The summed E-state index contributed by atoms with van der Waals surface area (Å²) in [6.45, 7) is 4.21. The first-order valence-electron chi connectivity index (χ1n) is 11.3. The third-order valence-electron chi connectivity index (χ3n) is 6.08. The first-order valence-corrected chi connectivity index (χ1v) is 11.6. The Labute approximate surface area is 203 Å². The highest BCUT2D eigenvalue weighted by atomic mass is 35.5. The molecule has 8 nitrogen and oxygen atoms in total. The summed E-state index contributed by atoms with van der Waals surface area (Å²) < 4.78 is 1.69. The number of rotatable bonds is 7.